The zero-order chi connectivity index (χ0) is 9.80. The first-order valence-corrected chi connectivity index (χ1v) is 4.23. The van der Waals surface area contributed by atoms with E-state index in [4.69, 9.17) is 5.26 Å². The van der Waals surface area contributed by atoms with Crippen LogP contribution in [0.4, 0.5) is 0 Å². The highest BCUT2D eigenvalue weighted by molar-refractivity contribution is 5.61. The minimum Gasteiger partial charge on any atom is -0.245 e. The summed E-state index contributed by atoms with van der Waals surface area (Å²) in [5.41, 5.74) is 2.40. The van der Waals surface area contributed by atoms with Crippen LogP contribution in [0.1, 0.15) is 5.69 Å². The lowest BCUT2D eigenvalue weighted by Gasteiger charge is -1.98. The monoisotopic (exact) mass is 179 g/mol. The van der Waals surface area contributed by atoms with E-state index in [1.807, 2.05) is 36.4 Å². The van der Waals surface area contributed by atoms with Crippen LogP contribution in [0.5, 0.6) is 0 Å². The van der Waals surface area contributed by atoms with Crippen LogP contribution in [0, 0.1) is 17.4 Å². The minimum absolute atomic E-state index is 0.435. The number of benzene rings is 1. The third kappa shape index (κ3) is 1.62. The largest absolute Gasteiger partial charge is 0.245 e. The Morgan fingerprint density at radius 1 is 1.21 bits per heavy atom. The quantitative estimate of drug-likeness (QED) is 0.674. The van der Waals surface area contributed by atoms with Crippen molar-refractivity contribution >= 4 is 0 Å². The van der Waals surface area contributed by atoms with Crippen LogP contribution in [-0.4, -0.2) is 4.98 Å². The van der Waals surface area contributed by atoms with Gasteiger partial charge >= 0.3 is 0 Å². The Bertz CT molecular complexity index is 452. The molecule has 1 heterocycles. The van der Waals surface area contributed by atoms with E-state index in [2.05, 4.69) is 11.1 Å². The van der Waals surface area contributed by atoms with Crippen molar-refractivity contribution in [2.24, 2.45) is 0 Å². The molecule has 0 bridgehead atoms. The molecule has 0 spiro atoms. The Morgan fingerprint density at radius 2 is 2.14 bits per heavy atom. The SMILES string of the molecule is N#Cc1ccc(-c2[c]cccc2)cn1. The second kappa shape index (κ2) is 3.71. The fourth-order valence-electron chi connectivity index (χ4n) is 1.19. The molecule has 0 saturated carbocycles. The van der Waals surface area contributed by atoms with Gasteiger partial charge in [-0.15, -0.1) is 0 Å². The van der Waals surface area contributed by atoms with Gasteiger partial charge in [-0.2, -0.15) is 5.26 Å². The lowest BCUT2D eigenvalue weighted by atomic mass is 10.1. The van der Waals surface area contributed by atoms with Crippen molar-refractivity contribution in [3.05, 3.63) is 54.4 Å². The summed E-state index contributed by atoms with van der Waals surface area (Å²) in [5, 5.41) is 8.58. The zero-order valence-corrected chi connectivity index (χ0v) is 7.44. The molecule has 0 fully saturated rings. The molecule has 2 aromatic rings. The molecule has 0 aliphatic carbocycles. The molecule has 2 heteroatoms. The van der Waals surface area contributed by atoms with E-state index < -0.39 is 0 Å². The van der Waals surface area contributed by atoms with Gasteiger partial charge in [0.2, 0.25) is 0 Å². The van der Waals surface area contributed by atoms with Crippen LogP contribution in [-0.2, 0) is 0 Å². The van der Waals surface area contributed by atoms with E-state index in [0.717, 1.165) is 11.1 Å². The number of nitriles is 1. The molecule has 0 N–H and O–H groups in total. The van der Waals surface area contributed by atoms with Gasteiger partial charge in [0.15, 0.2) is 0 Å². The van der Waals surface area contributed by atoms with Crippen molar-refractivity contribution in [1.82, 2.24) is 4.98 Å². The second-order valence-electron chi connectivity index (χ2n) is 2.82. The van der Waals surface area contributed by atoms with E-state index in [0.29, 0.717) is 5.69 Å². The summed E-state index contributed by atoms with van der Waals surface area (Å²) in [6.07, 6.45) is 1.68. The average molecular weight is 179 g/mol. The van der Waals surface area contributed by atoms with Crippen LogP contribution in [0.3, 0.4) is 0 Å². The van der Waals surface area contributed by atoms with Gasteiger partial charge in [-0.3, -0.25) is 0 Å². The Hall–Kier alpha value is -2.14. The molecule has 65 valence electrons. The van der Waals surface area contributed by atoms with Crippen LogP contribution in [0.15, 0.2) is 42.6 Å². The molecule has 0 unspecified atom stereocenters. The van der Waals surface area contributed by atoms with Crippen molar-refractivity contribution in [2.75, 3.05) is 0 Å². The summed E-state index contributed by atoms with van der Waals surface area (Å²) in [7, 11) is 0. The Balaban J connectivity index is 2.40. The molecule has 0 amide bonds. The van der Waals surface area contributed by atoms with E-state index in [1.165, 1.54) is 0 Å². The predicted molar refractivity (Wildman–Crippen MR) is 53.2 cm³/mol. The first-order chi connectivity index (χ1) is 6.90. The molecule has 2 rings (SSSR count). The van der Waals surface area contributed by atoms with E-state index in [9.17, 15) is 0 Å². The predicted octanol–water partition coefficient (Wildman–Crippen LogP) is 2.42. The van der Waals surface area contributed by atoms with Crippen molar-refractivity contribution in [2.45, 2.75) is 0 Å². The maximum absolute atomic E-state index is 8.58. The van der Waals surface area contributed by atoms with E-state index in [1.54, 1.807) is 12.3 Å². The number of hydrogen-bond acceptors (Lipinski definition) is 2. The van der Waals surface area contributed by atoms with Gasteiger partial charge in [-0.25, -0.2) is 4.98 Å². The third-order valence-electron chi connectivity index (χ3n) is 1.90. The number of nitrogens with zero attached hydrogens (tertiary/aromatic N) is 2. The molecule has 0 saturated heterocycles. The van der Waals surface area contributed by atoms with Crippen LogP contribution in [0.2, 0.25) is 0 Å². The molecular weight excluding hydrogens is 172 g/mol. The fraction of sp³-hybridized carbons (Fsp3) is 0. The van der Waals surface area contributed by atoms with Crippen molar-refractivity contribution < 1.29 is 0 Å². The molecule has 0 aliphatic heterocycles. The van der Waals surface area contributed by atoms with Gasteiger partial charge in [0.05, 0.1) is 0 Å². The number of hydrogen-bond donors (Lipinski definition) is 0. The minimum atomic E-state index is 0.435. The molecule has 1 aromatic heterocycles. The Labute approximate surface area is 82.5 Å². The molecule has 1 aromatic carbocycles. The lowest BCUT2D eigenvalue weighted by Crippen LogP contribution is -1.83. The summed E-state index contributed by atoms with van der Waals surface area (Å²) in [6.45, 7) is 0. The second-order valence-corrected chi connectivity index (χ2v) is 2.82. The average Bonchev–Trinajstić information content (AvgIpc) is 2.30. The number of pyridine rings is 1. The highest BCUT2D eigenvalue weighted by atomic mass is 14.7. The van der Waals surface area contributed by atoms with Gasteiger partial charge in [0.25, 0.3) is 0 Å². The highest BCUT2D eigenvalue weighted by Crippen LogP contribution is 2.16. The molecule has 0 atom stereocenters. The smallest absolute Gasteiger partial charge is 0.140 e. The Kier molecular flexibility index (Phi) is 2.24. The number of aromatic nitrogens is 1. The topological polar surface area (TPSA) is 36.7 Å². The van der Waals surface area contributed by atoms with Crippen LogP contribution >= 0.6 is 0 Å². The summed E-state index contributed by atoms with van der Waals surface area (Å²) in [4.78, 5) is 3.99. The first kappa shape index (κ1) is 8.46. The van der Waals surface area contributed by atoms with Gasteiger partial charge in [0.1, 0.15) is 11.8 Å². The standard InChI is InChI=1S/C12H7N2/c13-8-12-7-6-11(9-14-12)10-4-2-1-3-5-10/h1-4,6-7,9H. The first-order valence-electron chi connectivity index (χ1n) is 4.23. The fourth-order valence-corrected chi connectivity index (χ4v) is 1.19. The molecule has 2 nitrogen and oxygen atoms in total. The maximum Gasteiger partial charge on any atom is 0.140 e. The molecular formula is C12H7N2. The van der Waals surface area contributed by atoms with Crippen molar-refractivity contribution in [3.63, 3.8) is 0 Å². The lowest BCUT2D eigenvalue weighted by molar-refractivity contribution is 1.26. The third-order valence-corrected chi connectivity index (χ3v) is 1.90. The van der Waals surface area contributed by atoms with Gasteiger partial charge in [-0.1, -0.05) is 24.3 Å². The van der Waals surface area contributed by atoms with Crippen molar-refractivity contribution in [1.29, 1.82) is 5.26 Å². The maximum atomic E-state index is 8.58. The molecule has 1 radical (unpaired) electrons. The summed E-state index contributed by atoms with van der Waals surface area (Å²) in [5.74, 6) is 0. The number of rotatable bonds is 1. The van der Waals surface area contributed by atoms with Gasteiger partial charge in [-0.05, 0) is 23.8 Å². The highest BCUT2D eigenvalue weighted by Gasteiger charge is 1.97. The van der Waals surface area contributed by atoms with Gasteiger partial charge in [0, 0.05) is 11.8 Å². The summed E-state index contributed by atoms with van der Waals surface area (Å²) >= 11 is 0. The van der Waals surface area contributed by atoms with Crippen LogP contribution in [0.25, 0.3) is 11.1 Å². The van der Waals surface area contributed by atoms with E-state index >= 15 is 0 Å². The summed E-state index contributed by atoms with van der Waals surface area (Å²) < 4.78 is 0. The summed E-state index contributed by atoms with van der Waals surface area (Å²) in [6, 6.07) is 16.3. The van der Waals surface area contributed by atoms with E-state index in [-0.39, 0.29) is 0 Å². The van der Waals surface area contributed by atoms with Crippen molar-refractivity contribution in [3.8, 4) is 17.2 Å². The normalized spacial score (nSPS) is 9.36. The van der Waals surface area contributed by atoms with Gasteiger partial charge < -0.3 is 0 Å². The zero-order valence-electron chi connectivity index (χ0n) is 7.44. The molecule has 0 aliphatic rings. The van der Waals surface area contributed by atoms with Crippen LogP contribution < -0.4 is 0 Å². The molecule has 14 heavy (non-hydrogen) atoms. The Morgan fingerprint density at radius 3 is 2.71 bits per heavy atom.